The quantitative estimate of drug-likeness (QED) is 0.698. The molecule has 0 unspecified atom stereocenters. The minimum absolute atomic E-state index is 0.121. The molecule has 4 nitrogen and oxygen atoms in total. The van der Waals surface area contributed by atoms with Crippen LogP contribution in [0, 0.1) is 5.82 Å². The molecule has 0 N–H and O–H groups in total. The molecule has 0 atom stereocenters. The van der Waals surface area contributed by atoms with E-state index in [0.29, 0.717) is 18.8 Å². The van der Waals surface area contributed by atoms with Crippen molar-refractivity contribution < 1.29 is 4.39 Å². The Bertz CT molecular complexity index is 910. The molecule has 25 heavy (non-hydrogen) atoms. The Hall–Kier alpha value is -2.66. The second-order valence-corrected chi connectivity index (χ2v) is 6.15. The van der Waals surface area contributed by atoms with Crippen molar-refractivity contribution in [1.29, 1.82) is 0 Å². The van der Waals surface area contributed by atoms with Crippen LogP contribution in [0.5, 0.6) is 0 Å². The minimum atomic E-state index is -0.339. The Morgan fingerprint density at radius 1 is 1.08 bits per heavy atom. The van der Waals surface area contributed by atoms with Gasteiger partial charge in [-0.15, -0.1) is 0 Å². The zero-order chi connectivity index (χ0) is 17.8. The van der Waals surface area contributed by atoms with Crippen molar-refractivity contribution in [3.63, 3.8) is 0 Å². The van der Waals surface area contributed by atoms with E-state index >= 15 is 0 Å². The molecule has 0 amide bonds. The predicted octanol–water partition coefficient (Wildman–Crippen LogP) is 3.72. The second kappa shape index (κ2) is 7.49. The first-order valence-corrected chi connectivity index (χ1v) is 8.17. The summed E-state index contributed by atoms with van der Waals surface area (Å²) in [4.78, 5) is 14.3. The highest BCUT2D eigenvalue weighted by molar-refractivity contribution is 6.33. The lowest BCUT2D eigenvalue weighted by molar-refractivity contribution is 0.626. The van der Waals surface area contributed by atoms with Crippen LogP contribution >= 0.6 is 11.6 Å². The van der Waals surface area contributed by atoms with Gasteiger partial charge in [0.05, 0.1) is 18.4 Å². The van der Waals surface area contributed by atoms with Crippen molar-refractivity contribution in [2.24, 2.45) is 0 Å². The Balaban J connectivity index is 1.82. The first kappa shape index (κ1) is 17.2. The molecule has 0 saturated carbocycles. The molecular weight excluding hydrogens is 341 g/mol. The summed E-state index contributed by atoms with van der Waals surface area (Å²) in [6, 6.07) is 15.8. The lowest BCUT2D eigenvalue weighted by Crippen LogP contribution is -2.27. The van der Waals surface area contributed by atoms with Crippen LogP contribution in [0.25, 0.3) is 0 Å². The molecule has 1 heterocycles. The number of halogens is 2. The van der Waals surface area contributed by atoms with Gasteiger partial charge in [0.15, 0.2) is 0 Å². The van der Waals surface area contributed by atoms with Gasteiger partial charge in [-0.25, -0.2) is 9.07 Å². The topological polar surface area (TPSA) is 38.1 Å². The third-order valence-corrected chi connectivity index (χ3v) is 4.24. The number of nitrogens with zero attached hydrogens (tertiary/aromatic N) is 3. The summed E-state index contributed by atoms with van der Waals surface area (Å²) in [6.45, 7) is 0.852. The number of aromatic nitrogens is 2. The normalized spacial score (nSPS) is 10.7. The minimum Gasteiger partial charge on any atom is -0.368 e. The third kappa shape index (κ3) is 4.06. The molecule has 6 heteroatoms. The maximum absolute atomic E-state index is 13.0. The highest BCUT2D eigenvalue weighted by atomic mass is 35.5. The molecule has 0 spiro atoms. The van der Waals surface area contributed by atoms with E-state index in [2.05, 4.69) is 5.10 Å². The monoisotopic (exact) mass is 357 g/mol. The number of rotatable bonds is 5. The third-order valence-electron chi connectivity index (χ3n) is 3.89. The van der Waals surface area contributed by atoms with Crippen molar-refractivity contribution in [2.75, 3.05) is 11.9 Å². The first-order valence-electron chi connectivity index (χ1n) is 7.80. The molecular formula is C19H17ClFN3O. The largest absolute Gasteiger partial charge is 0.368 e. The molecule has 2 aromatic carbocycles. The van der Waals surface area contributed by atoms with Crippen molar-refractivity contribution in [1.82, 2.24) is 9.78 Å². The summed E-state index contributed by atoms with van der Waals surface area (Å²) in [6.07, 6.45) is 1.58. The second-order valence-electron chi connectivity index (χ2n) is 5.77. The van der Waals surface area contributed by atoms with Gasteiger partial charge in [-0.1, -0.05) is 54.1 Å². The van der Waals surface area contributed by atoms with Crippen LogP contribution in [0.1, 0.15) is 11.1 Å². The Labute approximate surface area is 150 Å². The maximum atomic E-state index is 13.0. The van der Waals surface area contributed by atoms with Crippen molar-refractivity contribution in [3.8, 4) is 0 Å². The van der Waals surface area contributed by atoms with E-state index in [1.54, 1.807) is 18.3 Å². The van der Waals surface area contributed by atoms with Gasteiger partial charge in [-0.3, -0.25) is 4.79 Å². The lowest BCUT2D eigenvalue weighted by Gasteiger charge is -2.20. The summed E-state index contributed by atoms with van der Waals surface area (Å²) in [5.41, 5.74) is 2.09. The average Bonchev–Trinajstić information content (AvgIpc) is 2.62. The van der Waals surface area contributed by atoms with Gasteiger partial charge in [0.1, 0.15) is 10.8 Å². The van der Waals surface area contributed by atoms with E-state index in [1.165, 1.54) is 16.8 Å². The van der Waals surface area contributed by atoms with E-state index in [9.17, 15) is 9.18 Å². The Morgan fingerprint density at radius 3 is 2.44 bits per heavy atom. The van der Waals surface area contributed by atoms with Crippen molar-refractivity contribution in [2.45, 2.75) is 13.1 Å². The van der Waals surface area contributed by atoms with Crippen LogP contribution < -0.4 is 10.5 Å². The van der Waals surface area contributed by atoms with Gasteiger partial charge < -0.3 is 4.90 Å². The molecule has 128 valence electrons. The van der Waals surface area contributed by atoms with Crippen molar-refractivity contribution in [3.05, 3.63) is 93.1 Å². The zero-order valence-electron chi connectivity index (χ0n) is 13.7. The van der Waals surface area contributed by atoms with Crippen LogP contribution in [0.3, 0.4) is 0 Å². The fraction of sp³-hybridized carbons (Fsp3) is 0.158. The van der Waals surface area contributed by atoms with E-state index in [0.717, 1.165) is 11.1 Å². The number of anilines is 1. The van der Waals surface area contributed by atoms with Crippen LogP contribution in [-0.2, 0) is 13.1 Å². The molecule has 0 radical (unpaired) electrons. The van der Waals surface area contributed by atoms with Crippen LogP contribution in [-0.4, -0.2) is 16.8 Å². The molecule has 0 aliphatic rings. The number of hydrogen-bond donors (Lipinski definition) is 0. The Morgan fingerprint density at radius 2 is 1.76 bits per heavy atom. The van der Waals surface area contributed by atoms with Crippen molar-refractivity contribution >= 4 is 17.3 Å². The van der Waals surface area contributed by atoms with Crippen LogP contribution in [0.4, 0.5) is 10.1 Å². The summed E-state index contributed by atoms with van der Waals surface area (Å²) in [7, 11) is 1.81. The molecule has 0 saturated heterocycles. The SMILES string of the molecule is CN(Cc1ccc(F)cc1)c1cnn(Cc2ccccc2)c(=O)c1Cl. The highest BCUT2D eigenvalue weighted by Crippen LogP contribution is 2.21. The number of benzene rings is 2. The highest BCUT2D eigenvalue weighted by Gasteiger charge is 2.13. The smallest absolute Gasteiger partial charge is 0.287 e. The van der Waals surface area contributed by atoms with Gasteiger partial charge in [0.2, 0.25) is 0 Å². The molecule has 0 fully saturated rings. The first-order chi connectivity index (χ1) is 12.0. The van der Waals surface area contributed by atoms with Gasteiger partial charge in [-0.2, -0.15) is 5.10 Å². The lowest BCUT2D eigenvalue weighted by atomic mass is 10.2. The van der Waals surface area contributed by atoms with Crippen LogP contribution in [0.2, 0.25) is 5.02 Å². The van der Waals surface area contributed by atoms with Gasteiger partial charge in [0, 0.05) is 13.6 Å². The van der Waals surface area contributed by atoms with Gasteiger partial charge in [0.25, 0.3) is 5.56 Å². The summed E-state index contributed by atoms with van der Waals surface area (Å²) >= 11 is 6.28. The standard InChI is InChI=1S/C19H17ClFN3O/c1-23(12-15-7-9-16(21)10-8-15)17-11-22-24(19(25)18(17)20)13-14-5-3-2-4-6-14/h2-11H,12-13H2,1H3. The van der Waals surface area contributed by atoms with E-state index < -0.39 is 0 Å². The molecule has 1 aromatic heterocycles. The summed E-state index contributed by atoms with van der Waals surface area (Å²) in [5.74, 6) is -0.283. The molecule has 3 rings (SSSR count). The average molecular weight is 358 g/mol. The fourth-order valence-electron chi connectivity index (χ4n) is 2.54. The van der Waals surface area contributed by atoms with E-state index in [-0.39, 0.29) is 16.4 Å². The maximum Gasteiger partial charge on any atom is 0.287 e. The van der Waals surface area contributed by atoms with Gasteiger partial charge >= 0.3 is 0 Å². The fourth-order valence-corrected chi connectivity index (χ4v) is 2.83. The summed E-state index contributed by atoms with van der Waals surface area (Å²) in [5, 5.41) is 4.35. The summed E-state index contributed by atoms with van der Waals surface area (Å²) < 4.78 is 14.3. The Kier molecular flexibility index (Phi) is 5.14. The van der Waals surface area contributed by atoms with Gasteiger partial charge in [-0.05, 0) is 23.3 Å². The predicted molar refractivity (Wildman–Crippen MR) is 97.6 cm³/mol. The molecule has 0 bridgehead atoms. The molecule has 0 aliphatic carbocycles. The van der Waals surface area contributed by atoms with E-state index in [1.807, 2.05) is 42.3 Å². The molecule has 3 aromatic rings. The molecule has 0 aliphatic heterocycles. The van der Waals surface area contributed by atoms with Crippen LogP contribution in [0.15, 0.2) is 65.6 Å². The van der Waals surface area contributed by atoms with E-state index in [4.69, 9.17) is 11.6 Å². The number of hydrogen-bond acceptors (Lipinski definition) is 3. The zero-order valence-corrected chi connectivity index (χ0v) is 14.4.